The van der Waals surface area contributed by atoms with Crippen LogP contribution >= 0.6 is 12.4 Å². The minimum Gasteiger partial charge on any atom is -0.349 e. The number of hydrogen-bond acceptors (Lipinski definition) is 2. The maximum atomic E-state index is 13.0. The van der Waals surface area contributed by atoms with Crippen LogP contribution in [-0.2, 0) is 4.79 Å². The summed E-state index contributed by atoms with van der Waals surface area (Å²) in [6, 6.07) is 6.27. The van der Waals surface area contributed by atoms with Gasteiger partial charge in [-0.3, -0.25) is 4.79 Å². The molecular formula is C16H26ClFN2O. The van der Waals surface area contributed by atoms with Crippen LogP contribution in [-0.4, -0.2) is 19.5 Å². The first-order valence-electron chi connectivity index (χ1n) is 7.01. The zero-order chi connectivity index (χ0) is 15.2. The molecule has 0 spiro atoms. The van der Waals surface area contributed by atoms with Crippen molar-refractivity contribution in [3.63, 3.8) is 0 Å². The predicted molar refractivity (Wildman–Crippen MR) is 87.1 cm³/mol. The molecule has 0 bridgehead atoms. The van der Waals surface area contributed by atoms with Crippen LogP contribution in [0.1, 0.15) is 45.2 Å². The second kappa shape index (κ2) is 9.00. The highest BCUT2D eigenvalue weighted by Gasteiger charge is 2.21. The molecule has 0 aliphatic carbocycles. The molecule has 0 heterocycles. The minimum atomic E-state index is -0.259. The number of halogens is 2. The van der Waals surface area contributed by atoms with Crippen LogP contribution in [0, 0.1) is 11.2 Å². The van der Waals surface area contributed by atoms with Gasteiger partial charge in [-0.25, -0.2) is 4.39 Å². The third kappa shape index (κ3) is 8.02. The van der Waals surface area contributed by atoms with Crippen LogP contribution in [0.25, 0.3) is 0 Å². The van der Waals surface area contributed by atoms with Crippen LogP contribution in [0.4, 0.5) is 4.39 Å². The molecule has 0 aliphatic heterocycles. The molecule has 21 heavy (non-hydrogen) atoms. The Morgan fingerprint density at radius 1 is 1.24 bits per heavy atom. The highest BCUT2D eigenvalue weighted by Crippen LogP contribution is 2.29. The number of amides is 1. The van der Waals surface area contributed by atoms with Crippen molar-refractivity contribution in [2.45, 2.75) is 39.7 Å². The van der Waals surface area contributed by atoms with Gasteiger partial charge in [0.1, 0.15) is 5.82 Å². The first-order valence-corrected chi connectivity index (χ1v) is 7.01. The van der Waals surface area contributed by atoms with Crippen molar-refractivity contribution in [2.24, 2.45) is 5.41 Å². The van der Waals surface area contributed by atoms with Gasteiger partial charge in [0.2, 0.25) is 5.91 Å². The van der Waals surface area contributed by atoms with Gasteiger partial charge < -0.3 is 10.6 Å². The molecule has 1 aromatic rings. The number of nitrogens with one attached hydrogen (secondary N) is 2. The first-order chi connectivity index (χ1) is 9.31. The van der Waals surface area contributed by atoms with E-state index >= 15 is 0 Å². The van der Waals surface area contributed by atoms with E-state index in [1.54, 1.807) is 12.1 Å². The van der Waals surface area contributed by atoms with Gasteiger partial charge in [0.15, 0.2) is 0 Å². The molecule has 0 saturated carbocycles. The van der Waals surface area contributed by atoms with Crippen LogP contribution in [0.2, 0.25) is 0 Å². The molecule has 1 aromatic carbocycles. The summed E-state index contributed by atoms with van der Waals surface area (Å²) in [5.74, 6) is -0.248. The van der Waals surface area contributed by atoms with Gasteiger partial charge in [-0.05, 0) is 36.6 Å². The second-order valence-electron chi connectivity index (χ2n) is 6.29. The zero-order valence-corrected chi connectivity index (χ0v) is 14.0. The van der Waals surface area contributed by atoms with Gasteiger partial charge in [0.25, 0.3) is 0 Å². The van der Waals surface area contributed by atoms with Crippen LogP contribution in [0.5, 0.6) is 0 Å². The van der Waals surface area contributed by atoms with Crippen molar-refractivity contribution in [2.75, 3.05) is 13.6 Å². The first kappa shape index (κ1) is 19.9. The number of benzene rings is 1. The van der Waals surface area contributed by atoms with Crippen molar-refractivity contribution < 1.29 is 9.18 Å². The monoisotopic (exact) mass is 316 g/mol. The van der Waals surface area contributed by atoms with Crippen molar-refractivity contribution in [1.82, 2.24) is 10.6 Å². The van der Waals surface area contributed by atoms with Crippen LogP contribution < -0.4 is 10.6 Å². The average Bonchev–Trinajstić information content (AvgIpc) is 2.35. The fourth-order valence-corrected chi connectivity index (χ4v) is 2.06. The summed E-state index contributed by atoms with van der Waals surface area (Å²) >= 11 is 0. The van der Waals surface area contributed by atoms with Gasteiger partial charge in [-0.2, -0.15) is 0 Å². The molecule has 0 saturated heterocycles. The Hall–Kier alpha value is -1.13. The third-order valence-corrected chi connectivity index (χ3v) is 3.03. The Morgan fingerprint density at radius 2 is 1.81 bits per heavy atom. The maximum Gasteiger partial charge on any atom is 0.221 e. The second-order valence-corrected chi connectivity index (χ2v) is 6.29. The summed E-state index contributed by atoms with van der Waals surface area (Å²) in [6.45, 7) is 7.04. The van der Waals surface area contributed by atoms with Gasteiger partial charge >= 0.3 is 0 Å². The van der Waals surface area contributed by atoms with E-state index in [0.717, 1.165) is 12.0 Å². The Labute approximate surface area is 133 Å². The number of carbonyl (C=O) groups is 1. The molecule has 1 amide bonds. The van der Waals surface area contributed by atoms with Crippen LogP contribution in [0.15, 0.2) is 24.3 Å². The maximum absolute atomic E-state index is 13.0. The molecule has 1 rings (SSSR count). The molecule has 2 N–H and O–H groups in total. The smallest absolute Gasteiger partial charge is 0.221 e. The highest BCUT2D eigenvalue weighted by atomic mass is 35.5. The Kier molecular flexibility index (Phi) is 8.52. The lowest BCUT2D eigenvalue weighted by atomic mass is 9.85. The SMILES string of the molecule is CNCCC(=O)NC(CC(C)(C)C)c1ccc(F)cc1.Cl. The standard InChI is InChI=1S/C16H25FN2O.ClH/c1-16(2,3)11-14(19-15(20)9-10-18-4)12-5-7-13(17)8-6-12;/h5-8,14,18H,9-11H2,1-4H3,(H,19,20);1H. The van der Waals surface area contributed by atoms with E-state index in [4.69, 9.17) is 0 Å². The van der Waals surface area contributed by atoms with Crippen LogP contribution in [0.3, 0.4) is 0 Å². The van der Waals surface area contributed by atoms with E-state index in [2.05, 4.69) is 31.4 Å². The van der Waals surface area contributed by atoms with Crippen molar-refractivity contribution in [3.05, 3.63) is 35.6 Å². The summed E-state index contributed by atoms with van der Waals surface area (Å²) < 4.78 is 13.0. The summed E-state index contributed by atoms with van der Waals surface area (Å²) in [7, 11) is 1.82. The molecule has 3 nitrogen and oxygen atoms in total. The van der Waals surface area contributed by atoms with E-state index in [0.29, 0.717) is 13.0 Å². The zero-order valence-electron chi connectivity index (χ0n) is 13.2. The van der Waals surface area contributed by atoms with Gasteiger partial charge in [0, 0.05) is 13.0 Å². The molecule has 1 atom stereocenters. The van der Waals surface area contributed by atoms with Gasteiger partial charge in [0.05, 0.1) is 6.04 Å². The van der Waals surface area contributed by atoms with E-state index in [1.807, 2.05) is 7.05 Å². The van der Waals surface area contributed by atoms with Gasteiger partial charge in [-0.1, -0.05) is 32.9 Å². The highest BCUT2D eigenvalue weighted by molar-refractivity contribution is 5.85. The van der Waals surface area contributed by atoms with E-state index in [1.165, 1.54) is 12.1 Å². The topological polar surface area (TPSA) is 41.1 Å². The molecule has 0 aromatic heterocycles. The number of carbonyl (C=O) groups excluding carboxylic acids is 1. The molecule has 0 fully saturated rings. The summed E-state index contributed by atoms with van der Waals surface area (Å²) in [5, 5.41) is 6.00. The Bertz CT molecular complexity index is 429. The van der Waals surface area contributed by atoms with E-state index < -0.39 is 0 Å². The molecule has 1 unspecified atom stereocenters. The van der Waals surface area contributed by atoms with Crippen molar-refractivity contribution in [1.29, 1.82) is 0 Å². The number of hydrogen-bond donors (Lipinski definition) is 2. The van der Waals surface area contributed by atoms with Crippen molar-refractivity contribution >= 4 is 18.3 Å². The summed E-state index contributed by atoms with van der Waals surface area (Å²) in [6.07, 6.45) is 1.25. The van der Waals surface area contributed by atoms with E-state index in [9.17, 15) is 9.18 Å². The van der Waals surface area contributed by atoms with E-state index in [-0.39, 0.29) is 35.6 Å². The molecule has 0 radical (unpaired) electrons. The summed E-state index contributed by atoms with van der Waals surface area (Å²) in [4.78, 5) is 11.9. The molecular weight excluding hydrogens is 291 g/mol. The normalized spacial score (nSPS) is 12.4. The lowest BCUT2D eigenvalue weighted by Gasteiger charge is -2.27. The Balaban J connectivity index is 0.00000400. The van der Waals surface area contributed by atoms with Gasteiger partial charge in [-0.15, -0.1) is 12.4 Å². The fourth-order valence-electron chi connectivity index (χ4n) is 2.06. The fraction of sp³-hybridized carbons (Fsp3) is 0.562. The quantitative estimate of drug-likeness (QED) is 0.844. The predicted octanol–water partition coefficient (Wildman–Crippen LogP) is 3.45. The lowest BCUT2D eigenvalue weighted by molar-refractivity contribution is -0.121. The molecule has 120 valence electrons. The Morgan fingerprint density at radius 3 is 2.29 bits per heavy atom. The summed E-state index contributed by atoms with van der Waals surface area (Å²) in [5.41, 5.74) is 1.02. The minimum absolute atomic E-state index is 0. The average molecular weight is 317 g/mol. The molecule has 0 aliphatic rings. The number of rotatable bonds is 6. The third-order valence-electron chi connectivity index (χ3n) is 3.03. The lowest BCUT2D eigenvalue weighted by Crippen LogP contribution is -2.32. The van der Waals surface area contributed by atoms with Crippen molar-refractivity contribution in [3.8, 4) is 0 Å². The molecule has 5 heteroatoms. The largest absolute Gasteiger partial charge is 0.349 e.